The van der Waals surface area contributed by atoms with Crippen molar-refractivity contribution in [1.82, 2.24) is 0 Å². The fourth-order valence-electron chi connectivity index (χ4n) is 1.88. The molecule has 3 heteroatoms. The van der Waals surface area contributed by atoms with Crippen LogP contribution in [-0.4, -0.2) is 5.38 Å². The van der Waals surface area contributed by atoms with Crippen molar-refractivity contribution in [2.45, 2.75) is 31.6 Å². The minimum Gasteiger partial charge on any atom is -0.461 e. The van der Waals surface area contributed by atoms with Gasteiger partial charge in [-0.3, -0.25) is 0 Å². The number of hydrogen-bond acceptors (Lipinski definition) is 1. The lowest BCUT2D eigenvalue weighted by Gasteiger charge is -2.08. The first kappa shape index (κ1) is 11.5. The summed E-state index contributed by atoms with van der Waals surface area (Å²) in [7, 11) is 0. The van der Waals surface area contributed by atoms with E-state index in [-0.39, 0.29) is 17.1 Å². The van der Waals surface area contributed by atoms with E-state index in [4.69, 9.17) is 16.0 Å². The van der Waals surface area contributed by atoms with Crippen LogP contribution in [0.4, 0.5) is 4.39 Å². The second-order valence-electron chi connectivity index (χ2n) is 4.25. The molecule has 2 aromatic rings. The molecule has 2 rings (SSSR count). The van der Waals surface area contributed by atoms with Gasteiger partial charge < -0.3 is 4.42 Å². The fraction of sp³-hybridized carbons (Fsp3) is 0.385. The minimum absolute atomic E-state index is 0.111. The predicted molar refractivity (Wildman–Crippen MR) is 64.5 cm³/mol. The van der Waals surface area contributed by atoms with Gasteiger partial charge in [0, 0.05) is 16.7 Å². The molecular formula is C13H14ClFO. The topological polar surface area (TPSA) is 13.1 Å². The van der Waals surface area contributed by atoms with Gasteiger partial charge in [-0.2, -0.15) is 0 Å². The van der Waals surface area contributed by atoms with E-state index in [1.54, 1.807) is 6.07 Å². The van der Waals surface area contributed by atoms with Gasteiger partial charge in [-0.25, -0.2) is 4.39 Å². The molecule has 0 amide bonds. The molecule has 16 heavy (non-hydrogen) atoms. The number of alkyl halides is 1. The fourth-order valence-corrected chi connectivity index (χ4v) is 2.15. The Labute approximate surface area is 99.2 Å². The minimum atomic E-state index is -0.238. The van der Waals surface area contributed by atoms with E-state index in [0.717, 1.165) is 23.2 Å². The van der Waals surface area contributed by atoms with E-state index in [0.29, 0.717) is 0 Å². The third-order valence-corrected chi connectivity index (χ3v) is 2.84. The van der Waals surface area contributed by atoms with Gasteiger partial charge in [0.25, 0.3) is 0 Å². The average Bonchev–Trinajstić information content (AvgIpc) is 2.59. The maximum Gasteiger partial charge on any atom is 0.134 e. The second-order valence-corrected chi connectivity index (χ2v) is 4.99. The molecule has 1 aromatic carbocycles. The Morgan fingerprint density at radius 1 is 1.31 bits per heavy atom. The summed E-state index contributed by atoms with van der Waals surface area (Å²) in [6.45, 7) is 4.02. The lowest BCUT2D eigenvalue weighted by atomic mass is 10.0. The zero-order valence-electron chi connectivity index (χ0n) is 9.34. The van der Waals surface area contributed by atoms with Crippen molar-refractivity contribution in [3.63, 3.8) is 0 Å². The van der Waals surface area contributed by atoms with Gasteiger partial charge in [0.2, 0.25) is 0 Å². The number of furan rings is 1. The van der Waals surface area contributed by atoms with Crippen LogP contribution in [0.5, 0.6) is 0 Å². The van der Waals surface area contributed by atoms with Crippen molar-refractivity contribution >= 4 is 22.6 Å². The number of fused-ring (bicyclic) bond motifs is 1. The van der Waals surface area contributed by atoms with Crippen molar-refractivity contribution in [3.05, 3.63) is 35.8 Å². The third-order valence-electron chi connectivity index (χ3n) is 2.66. The lowest BCUT2D eigenvalue weighted by molar-refractivity contribution is 0.488. The Kier molecular flexibility index (Phi) is 3.20. The van der Waals surface area contributed by atoms with Gasteiger partial charge in [0.05, 0.1) is 0 Å². The molecule has 0 fully saturated rings. The SMILES string of the molecule is CC(Cl)CC(C)c1cc2cc(F)ccc2o1. The van der Waals surface area contributed by atoms with Gasteiger partial charge in [-0.05, 0) is 37.6 Å². The van der Waals surface area contributed by atoms with Crippen LogP contribution in [0.3, 0.4) is 0 Å². The normalized spacial score (nSPS) is 15.2. The Morgan fingerprint density at radius 3 is 2.75 bits per heavy atom. The summed E-state index contributed by atoms with van der Waals surface area (Å²) in [5.41, 5.74) is 0.727. The van der Waals surface area contributed by atoms with Crippen molar-refractivity contribution in [2.24, 2.45) is 0 Å². The van der Waals surface area contributed by atoms with E-state index in [2.05, 4.69) is 6.92 Å². The number of benzene rings is 1. The highest BCUT2D eigenvalue weighted by atomic mass is 35.5. The predicted octanol–water partition coefficient (Wildman–Crippen LogP) is 4.69. The van der Waals surface area contributed by atoms with Gasteiger partial charge in [0.1, 0.15) is 17.2 Å². The van der Waals surface area contributed by atoms with E-state index in [1.807, 2.05) is 13.0 Å². The van der Waals surface area contributed by atoms with Crippen LogP contribution < -0.4 is 0 Å². The van der Waals surface area contributed by atoms with Crippen molar-refractivity contribution in [3.8, 4) is 0 Å². The summed E-state index contributed by atoms with van der Waals surface area (Å²) in [5, 5.41) is 0.920. The van der Waals surface area contributed by atoms with E-state index in [1.165, 1.54) is 12.1 Å². The van der Waals surface area contributed by atoms with Crippen LogP contribution in [0.15, 0.2) is 28.7 Å². The summed E-state index contributed by atoms with van der Waals surface area (Å²) in [6.07, 6.45) is 0.851. The molecule has 2 unspecified atom stereocenters. The van der Waals surface area contributed by atoms with Crippen LogP contribution in [0, 0.1) is 5.82 Å². The summed E-state index contributed by atoms with van der Waals surface area (Å²) >= 11 is 5.94. The molecular weight excluding hydrogens is 227 g/mol. The first-order valence-electron chi connectivity index (χ1n) is 5.39. The smallest absolute Gasteiger partial charge is 0.134 e. The molecule has 0 N–H and O–H groups in total. The molecule has 0 saturated heterocycles. The molecule has 1 nitrogen and oxygen atoms in total. The summed E-state index contributed by atoms with van der Waals surface area (Å²) in [6, 6.07) is 6.44. The Morgan fingerprint density at radius 2 is 2.06 bits per heavy atom. The lowest BCUT2D eigenvalue weighted by Crippen LogP contribution is -1.99. The van der Waals surface area contributed by atoms with E-state index in [9.17, 15) is 4.39 Å². The molecule has 0 bridgehead atoms. The highest BCUT2D eigenvalue weighted by Gasteiger charge is 2.14. The first-order valence-corrected chi connectivity index (χ1v) is 5.83. The Bertz CT molecular complexity index is 490. The van der Waals surface area contributed by atoms with Gasteiger partial charge in [0.15, 0.2) is 0 Å². The molecule has 0 spiro atoms. The van der Waals surface area contributed by atoms with Crippen LogP contribution >= 0.6 is 11.6 Å². The van der Waals surface area contributed by atoms with E-state index >= 15 is 0 Å². The monoisotopic (exact) mass is 240 g/mol. The van der Waals surface area contributed by atoms with Crippen LogP contribution in [-0.2, 0) is 0 Å². The number of rotatable bonds is 3. The molecule has 0 aliphatic rings. The zero-order chi connectivity index (χ0) is 11.7. The van der Waals surface area contributed by atoms with Crippen LogP contribution in [0.1, 0.15) is 31.9 Å². The van der Waals surface area contributed by atoms with Crippen LogP contribution in [0.25, 0.3) is 11.0 Å². The number of hydrogen-bond donors (Lipinski definition) is 0. The maximum atomic E-state index is 13.0. The van der Waals surface area contributed by atoms with Gasteiger partial charge in [-0.1, -0.05) is 6.92 Å². The molecule has 0 radical (unpaired) electrons. The van der Waals surface area contributed by atoms with Crippen molar-refractivity contribution in [2.75, 3.05) is 0 Å². The molecule has 1 heterocycles. The van der Waals surface area contributed by atoms with E-state index < -0.39 is 0 Å². The van der Waals surface area contributed by atoms with Gasteiger partial charge in [-0.15, -0.1) is 11.6 Å². The number of halogens is 2. The summed E-state index contributed by atoms with van der Waals surface area (Å²) in [4.78, 5) is 0. The summed E-state index contributed by atoms with van der Waals surface area (Å²) in [5.74, 6) is 0.884. The third kappa shape index (κ3) is 2.38. The standard InChI is InChI=1S/C13H14ClFO/c1-8(5-9(2)14)13-7-10-6-11(15)3-4-12(10)16-13/h3-4,6-9H,5H2,1-2H3. The molecule has 0 aliphatic heterocycles. The second kappa shape index (κ2) is 4.46. The highest BCUT2D eigenvalue weighted by Crippen LogP contribution is 2.29. The maximum absolute atomic E-state index is 13.0. The Hall–Kier alpha value is -1.02. The zero-order valence-corrected chi connectivity index (χ0v) is 10.1. The molecule has 2 atom stereocenters. The quantitative estimate of drug-likeness (QED) is 0.710. The van der Waals surface area contributed by atoms with Crippen molar-refractivity contribution in [1.29, 1.82) is 0 Å². The average molecular weight is 241 g/mol. The largest absolute Gasteiger partial charge is 0.461 e. The van der Waals surface area contributed by atoms with Gasteiger partial charge >= 0.3 is 0 Å². The Balaban J connectivity index is 2.32. The highest BCUT2D eigenvalue weighted by molar-refractivity contribution is 6.20. The first-order chi connectivity index (χ1) is 7.56. The van der Waals surface area contributed by atoms with Crippen LogP contribution in [0.2, 0.25) is 0 Å². The summed E-state index contributed by atoms with van der Waals surface area (Å²) < 4.78 is 18.7. The molecule has 0 aliphatic carbocycles. The molecule has 0 saturated carbocycles. The molecule has 86 valence electrons. The van der Waals surface area contributed by atoms with Crippen molar-refractivity contribution < 1.29 is 8.81 Å². The molecule has 1 aromatic heterocycles.